The molecule has 9 heteroatoms. The fourth-order valence-corrected chi connectivity index (χ4v) is 1.89. The third kappa shape index (κ3) is 2.42. The molecule has 0 saturated heterocycles. The number of hydrogen-bond donors (Lipinski definition) is 2. The lowest BCUT2D eigenvalue weighted by atomic mass is 10.2. The topological polar surface area (TPSA) is 122 Å². The Labute approximate surface area is 121 Å². The van der Waals surface area contributed by atoms with E-state index < -0.39 is 28.7 Å². The van der Waals surface area contributed by atoms with Crippen molar-refractivity contribution in [1.82, 2.24) is 9.55 Å². The summed E-state index contributed by atoms with van der Waals surface area (Å²) >= 11 is 5.61. The van der Waals surface area contributed by atoms with Crippen LogP contribution in [0.4, 0.5) is 10.2 Å². The smallest absolute Gasteiger partial charge is 0.353 e. The van der Waals surface area contributed by atoms with Crippen molar-refractivity contribution >= 4 is 23.4 Å². The number of aromatic carboxylic acids is 1. The molecule has 1 aromatic carbocycles. The molecular formula is C12H6ClFN4O3. The average molecular weight is 309 g/mol. The van der Waals surface area contributed by atoms with Crippen LogP contribution in [-0.4, -0.2) is 20.6 Å². The van der Waals surface area contributed by atoms with Crippen LogP contribution in [0.3, 0.4) is 0 Å². The lowest BCUT2D eigenvalue weighted by molar-refractivity contribution is 0.0697. The Morgan fingerprint density at radius 2 is 2.19 bits per heavy atom. The lowest BCUT2D eigenvalue weighted by Crippen LogP contribution is -2.25. The zero-order valence-corrected chi connectivity index (χ0v) is 10.9. The summed E-state index contributed by atoms with van der Waals surface area (Å²) in [4.78, 5) is 26.1. The van der Waals surface area contributed by atoms with Gasteiger partial charge in [0.1, 0.15) is 23.3 Å². The van der Waals surface area contributed by atoms with Gasteiger partial charge in [-0.1, -0.05) is 11.6 Å². The zero-order chi connectivity index (χ0) is 15.7. The molecule has 2 aromatic rings. The number of nitrogen functional groups attached to an aromatic ring is 1. The fourth-order valence-electron chi connectivity index (χ4n) is 1.66. The summed E-state index contributed by atoms with van der Waals surface area (Å²) in [6.45, 7) is 0. The fraction of sp³-hybridized carbons (Fsp3) is 0. The Morgan fingerprint density at radius 3 is 2.76 bits per heavy atom. The van der Waals surface area contributed by atoms with Crippen LogP contribution in [-0.2, 0) is 0 Å². The number of carboxylic acids is 1. The van der Waals surface area contributed by atoms with E-state index in [0.29, 0.717) is 4.57 Å². The maximum atomic E-state index is 14.0. The van der Waals surface area contributed by atoms with Crippen molar-refractivity contribution < 1.29 is 14.3 Å². The lowest BCUT2D eigenvalue weighted by Gasteiger charge is -2.12. The molecule has 1 heterocycles. The van der Waals surface area contributed by atoms with Crippen molar-refractivity contribution in [2.24, 2.45) is 0 Å². The molecule has 21 heavy (non-hydrogen) atoms. The van der Waals surface area contributed by atoms with Gasteiger partial charge >= 0.3 is 11.7 Å². The second kappa shape index (κ2) is 5.22. The SMILES string of the molecule is N#Cc1cnc(=O)n(-c2cc(C(=O)O)c(Cl)cc2F)c1N. The Morgan fingerprint density at radius 1 is 1.52 bits per heavy atom. The number of nitrogens with two attached hydrogens (primary N) is 1. The predicted octanol–water partition coefficient (Wildman–Crippen LogP) is 1.18. The van der Waals surface area contributed by atoms with Crippen LogP contribution in [0.1, 0.15) is 15.9 Å². The summed E-state index contributed by atoms with van der Waals surface area (Å²) in [6, 6.07) is 3.28. The van der Waals surface area contributed by atoms with E-state index in [0.717, 1.165) is 18.3 Å². The molecule has 3 N–H and O–H groups in total. The molecule has 0 radical (unpaired) electrons. The van der Waals surface area contributed by atoms with Gasteiger partial charge in [-0.05, 0) is 12.1 Å². The third-order valence-electron chi connectivity index (χ3n) is 2.64. The highest BCUT2D eigenvalue weighted by Crippen LogP contribution is 2.24. The Hall–Kier alpha value is -2.92. The van der Waals surface area contributed by atoms with Gasteiger partial charge in [0.15, 0.2) is 0 Å². The van der Waals surface area contributed by atoms with Gasteiger partial charge in [-0.15, -0.1) is 0 Å². The number of halogens is 2. The number of carboxylic acid groups (broad SMARTS) is 1. The van der Waals surface area contributed by atoms with E-state index >= 15 is 0 Å². The summed E-state index contributed by atoms with van der Waals surface area (Å²) in [5.74, 6) is -2.73. The summed E-state index contributed by atoms with van der Waals surface area (Å²) < 4.78 is 14.6. The normalized spacial score (nSPS) is 10.1. The van der Waals surface area contributed by atoms with Gasteiger partial charge in [-0.25, -0.2) is 18.5 Å². The van der Waals surface area contributed by atoms with E-state index in [4.69, 9.17) is 27.7 Å². The van der Waals surface area contributed by atoms with E-state index in [9.17, 15) is 14.0 Å². The minimum Gasteiger partial charge on any atom is -0.478 e. The highest BCUT2D eigenvalue weighted by molar-refractivity contribution is 6.33. The van der Waals surface area contributed by atoms with Crippen molar-refractivity contribution in [3.05, 3.63) is 50.8 Å². The van der Waals surface area contributed by atoms with E-state index in [1.807, 2.05) is 0 Å². The first-order valence-electron chi connectivity index (χ1n) is 5.37. The first-order chi connectivity index (χ1) is 9.86. The van der Waals surface area contributed by atoms with Crippen LogP contribution >= 0.6 is 11.6 Å². The minimum atomic E-state index is -1.41. The predicted molar refractivity (Wildman–Crippen MR) is 70.9 cm³/mol. The molecule has 0 amide bonds. The molecule has 0 bridgehead atoms. The second-order valence-electron chi connectivity index (χ2n) is 3.88. The first kappa shape index (κ1) is 14.5. The largest absolute Gasteiger partial charge is 0.478 e. The van der Waals surface area contributed by atoms with Gasteiger partial charge in [0, 0.05) is 0 Å². The van der Waals surface area contributed by atoms with Crippen molar-refractivity contribution in [3.63, 3.8) is 0 Å². The molecule has 0 aliphatic rings. The van der Waals surface area contributed by atoms with Crippen LogP contribution in [0.15, 0.2) is 23.1 Å². The molecule has 0 saturated carbocycles. The van der Waals surface area contributed by atoms with Crippen LogP contribution in [0.2, 0.25) is 5.02 Å². The zero-order valence-electron chi connectivity index (χ0n) is 10.2. The number of nitriles is 1. The van der Waals surface area contributed by atoms with Crippen molar-refractivity contribution in [2.75, 3.05) is 5.73 Å². The van der Waals surface area contributed by atoms with E-state index in [2.05, 4.69) is 4.98 Å². The van der Waals surface area contributed by atoms with Crippen molar-refractivity contribution in [1.29, 1.82) is 5.26 Å². The summed E-state index contributed by atoms with van der Waals surface area (Å²) in [5.41, 5.74) is 3.64. The van der Waals surface area contributed by atoms with Gasteiger partial charge in [0.25, 0.3) is 0 Å². The van der Waals surface area contributed by atoms with Crippen LogP contribution < -0.4 is 11.4 Å². The van der Waals surface area contributed by atoms with Crippen molar-refractivity contribution in [2.45, 2.75) is 0 Å². The Bertz CT molecular complexity index is 857. The summed E-state index contributed by atoms with van der Waals surface area (Å²) in [5, 5.41) is 17.5. The van der Waals surface area contributed by atoms with E-state index in [-0.39, 0.29) is 16.4 Å². The maximum absolute atomic E-state index is 14.0. The van der Waals surface area contributed by atoms with Gasteiger partial charge < -0.3 is 10.8 Å². The number of benzene rings is 1. The molecule has 7 nitrogen and oxygen atoms in total. The van der Waals surface area contributed by atoms with E-state index in [1.54, 1.807) is 6.07 Å². The molecule has 0 spiro atoms. The molecule has 0 atom stereocenters. The second-order valence-corrected chi connectivity index (χ2v) is 4.28. The minimum absolute atomic E-state index is 0.152. The van der Waals surface area contributed by atoms with Crippen molar-refractivity contribution in [3.8, 4) is 11.8 Å². The Kier molecular flexibility index (Phi) is 3.60. The molecule has 0 unspecified atom stereocenters. The molecule has 2 rings (SSSR count). The molecule has 106 valence electrons. The molecule has 0 aliphatic carbocycles. The highest BCUT2D eigenvalue weighted by Gasteiger charge is 2.18. The van der Waals surface area contributed by atoms with Gasteiger partial charge in [-0.3, -0.25) is 0 Å². The Balaban J connectivity index is 2.86. The number of carbonyl (C=O) groups is 1. The summed E-state index contributed by atoms with van der Waals surface area (Å²) in [6.07, 6.45) is 0.945. The molecule has 0 fully saturated rings. The first-order valence-corrected chi connectivity index (χ1v) is 5.75. The number of hydrogen-bond acceptors (Lipinski definition) is 5. The third-order valence-corrected chi connectivity index (χ3v) is 2.95. The van der Waals surface area contributed by atoms with Gasteiger partial charge in [0.2, 0.25) is 0 Å². The molecule has 0 aliphatic heterocycles. The van der Waals surface area contributed by atoms with Gasteiger partial charge in [-0.2, -0.15) is 10.2 Å². The molecular weight excluding hydrogens is 303 g/mol. The number of rotatable bonds is 2. The van der Waals surface area contributed by atoms with Gasteiger partial charge in [0.05, 0.1) is 22.5 Å². The van der Waals surface area contributed by atoms with Crippen LogP contribution in [0, 0.1) is 17.1 Å². The maximum Gasteiger partial charge on any atom is 0.353 e. The van der Waals surface area contributed by atoms with E-state index in [1.165, 1.54) is 0 Å². The summed E-state index contributed by atoms with van der Waals surface area (Å²) in [7, 11) is 0. The highest BCUT2D eigenvalue weighted by atomic mass is 35.5. The molecule has 1 aromatic heterocycles. The quantitative estimate of drug-likeness (QED) is 0.859. The van der Waals surface area contributed by atoms with Crippen LogP contribution in [0.25, 0.3) is 5.69 Å². The number of aromatic nitrogens is 2. The average Bonchev–Trinajstić information content (AvgIpc) is 2.40. The number of nitrogens with zero attached hydrogens (tertiary/aromatic N) is 3. The number of anilines is 1. The van der Waals surface area contributed by atoms with Crippen LogP contribution in [0.5, 0.6) is 0 Å². The monoisotopic (exact) mass is 308 g/mol. The standard InChI is InChI=1S/C12H6ClFN4O3/c13-7-2-8(14)9(1-6(7)11(19)20)18-10(16)5(3-15)4-17-12(18)21/h1-2,4H,16H2,(H,19,20).